The van der Waals surface area contributed by atoms with E-state index in [2.05, 4.69) is 21.7 Å². The van der Waals surface area contributed by atoms with Gasteiger partial charge in [0, 0.05) is 35.1 Å². The predicted molar refractivity (Wildman–Crippen MR) is 102 cm³/mol. The number of fused-ring (bicyclic) bond motifs is 3. The minimum atomic E-state index is -1.40. The van der Waals surface area contributed by atoms with Crippen LogP contribution in [0.5, 0.6) is 0 Å². The van der Waals surface area contributed by atoms with Crippen LogP contribution in [0.4, 0.5) is 0 Å². The van der Waals surface area contributed by atoms with E-state index in [1.165, 1.54) is 0 Å². The highest BCUT2D eigenvalue weighted by Gasteiger charge is 2.43. The quantitative estimate of drug-likeness (QED) is 0.504. The zero-order valence-corrected chi connectivity index (χ0v) is 14.8. The van der Waals surface area contributed by atoms with Gasteiger partial charge in [0.2, 0.25) is 0 Å². The number of benzene rings is 2. The Labute approximate surface area is 155 Å². The van der Waals surface area contributed by atoms with Gasteiger partial charge in [-0.1, -0.05) is 24.3 Å². The molecule has 7 nitrogen and oxygen atoms in total. The second kappa shape index (κ2) is 7.03. The van der Waals surface area contributed by atoms with Crippen LogP contribution in [0.15, 0.2) is 47.5 Å². The molecular weight excluding hydrogens is 348 g/mol. The van der Waals surface area contributed by atoms with E-state index in [9.17, 15) is 15.3 Å². The fourth-order valence-electron chi connectivity index (χ4n) is 3.68. The Morgan fingerprint density at radius 1 is 1.04 bits per heavy atom. The molecule has 0 aliphatic carbocycles. The standard InChI is InChI=1S/C20H22N2O5/c1-22-14-5-3-2-4-12(14)13-8-11(6-7-15(13)22)9-21-17-19(25)18(24)16(10-23)27-20(17)26/h2-9,16-20,23-26H,10H2,1H3/t16-,17-,18-,19-,20-/m1/s1. The third kappa shape index (κ3) is 3.03. The smallest absolute Gasteiger partial charge is 0.180 e. The molecule has 0 amide bonds. The molecule has 0 bridgehead atoms. The highest BCUT2D eigenvalue weighted by molar-refractivity contribution is 6.09. The van der Waals surface area contributed by atoms with Crippen molar-refractivity contribution in [3.05, 3.63) is 48.0 Å². The van der Waals surface area contributed by atoms with Crippen molar-refractivity contribution in [3.8, 4) is 0 Å². The van der Waals surface area contributed by atoms with E-state index in [1.807, 2.05) is 37.4 Å². The monoisotopic (exact) mass is 370 g/mol. The number of hydrogen-bond donors (Lipinski definition) is 4. The summed E-state index contributed by atoms with van der Waals surface area (Å²) in [5.74, 6) is 0. The molecule has 4 N–H and O–H groups in total. The van der Waals surface area contributed by atoms with Crippen LogP contribution in [0.3, 0.4) is 0 Å². The molecule has 1 aliphatic heterocycles. The number of aliphatic hydroxyl groups excluding tert-OH is 4. The molecule has 142 valence electrons. The Balaban J connectivity index is 1.66. The highest BCUT2D eigenvalue weighted by atomic mass is 16.6. The minimum Gasteiger partial charge on any atom is -0.394 e. The molecule has 1 saturated heterocycles. The first-order valence-corrected chi connectivity index (χ1v) is 8.82. The molecule has 4 rings (SSSR count). The van der Waals surface area contributed by atoms with Gasteiger partial charge < -0.3 is 29.7 Å². The third-order valence-electron chi connectivity index (χ3n) is 5.20. The van der Waals surface area contributed by atoms with E-state index >= 15 is 0 Å². The first-order chi connectivity index (χ1) is 13.0. The lowest BCUT2D eigenvalue weighted by atomic mass is 9.97. The van der Waals surface area contributed by atoms with Crippen LogP contribution in [0.2, 0.25) is 0 Å². The van der Waals surface area contributed by atoms with Gasteiger partial charge in [-0.2, -0.15) is 0 Å². The van der Waals surface area contributed by atoms with E-state index in [-0.39, 0.29) is 0 Å². The molecule has 5 atom stereocenters. The van der Waals surface area contributed by atoms with Crippen LogP contribution in [-0.4, -0.2) is 68.5 Å². The second-order valence-corrected chi connectivity index (χ2v) is 6.85. The van der Waals surface area contributed by atoms with Gasteiger partial charge in [0.05, 0.1) is 6.61 Å². The normalized spacial score (nSPS) is 29.1. The summed E-state index contributed by atoms with van der Waals surface area (Å²) >= 11 is 0. The van der Waals surface area contributed by atoms with E-state index in [1.54, 1.807) is 6.21 Å². The zero-order chi connectivity index (χ0) is 19.1. The molecule has 1 fully saturated rings. The van der Waals surface area contributed by atoms with Gasteiger partial charge in [0.25, 0.3) is 0 Å². The maximum absolute atomic E-state index is 10.2. The Kier molecular flexibility index (Phi) is 4.71. The second-order valence-electron chi connectivity index (χ2n) is 6.85. The molecule has 3 aromatic rings. The first kappa shape index (κ1) is 18.1. The van der Waals surface area contributed by atoms with E-state index in [0.29, 0.717) is 0 Å². The van der Waals surface area contributed by atoms with Gasteiger partial charge in [-0.25, -0.2) is 0 Å². The number of hydrogen-bond acceptors (Lipinski definition) is 6. The van der Waals surface area contributed by atoms with Gasteiger partial charge in [0.1, 0.15) is 24.4 Å². The minimum absolute atomic E-state index is 0.497. The van der Waals surface area contributed by atoms with E-state index in [0.717, 1.165) is 27.4 Å². The highest BCUT2D eigenvalue weighted by Crippen LogP contribution is 2.28. The predicted octanol–water partition coefficient (Wildman–Crippen LogP) is 0.550. The van der Waals surface area contributed by atoms with Gasteiger partial charge in [-0.3, -0.25) is 4.99 Å². The summed E-state index contributed by atoms with van der Waals surface area (Å²) in [6.07, 6.45) is -3.54. The summed E-state index contributed by atoms with van der Waals surface area (Å²) in [6, 6.07) is 13.0. The van der Waals surface area contributed by atoms with Crippen molar-refractivity contribution in [1.82, 2.24) is 4.57 Å². The summed E-state index contributed by atoms with van der Waals surface area (Å²) in [5.41, 5.74) is 3.03. The Morgan fingerprint density at radius 3 is 2.56 bits per heavy atom. The summed E-state index contributed by atoms with van der Waals surface area (Å²) < 4.78 is 7.25. The molecule has 27 heavy (non-hydrogen) atoms. The molecule has 2 aromatic carbocycles. The van der Waals surface area contributed by atoms with E-state index < -0.39 is 37.3 Å². The zero-order valence-electron chi connectivity index (χ0n) is 14.8. The molecular formula is C20H22N2O5. The molecule has 0 saturated carbocycles. The van der Waals surface area contributed by atoms with E-state index in [4.69, 9.17) is 9.84 Å². The van der Waals surface area contributed by atoms with Crippen LogP contribution in [0, 0.1) is 0 Å². The van der Waals surface area contributed by atoms with Gasteiger partial charge >= 0.3 is 0 Å². The fourth-order valence-corrected chi connectivity index (χ4v) is 3.68. The lowest BCUT2D eigenvalue weighted by molar-refractivity contribution is -0.248. The third-order valence-corrected chi connectivity index (χ3v) is 5.20. The first-order valence-electron chi connectivity index (χ1n) is 8.82. The number of aliphatic imine (C=N–C) groups is 1. The van der Waals surface area contributed by atoms with Crippen LogP contribution < -0.4 is 0 Å². The van der Waals surface area contributed by atoms with Crippen LogP contribution in [-0.2, 0) is 11.8 Å². The molecule has 1 aromatic heterocycles. The van der Waals surface area contributed by atoms with Crippen LogP contribution in [0.1, 0.15) is 5.56 Å². The summed E-state index contributed by atoms with van der Waals surface area (Å²) in [5, 5.41) is 41.5. The van der Waals surface area contributed by atoms with Gasteiger partial charge in [-0.15, -0.1) is 0 Å². The Hall–Kier alpha value is -2.29. The van der Waals surface area contributed by atoms with Crippen molar-refractivity contribution in [2.45, 2.75) is 30.6 Å². The largest absolute Gasteiger partial charge is 0.394 e. The van der Waals surface area contributed by atoms with Crippen molar-refractivity contribution in [1.29, 1.82) is 0 Å². The van der Waals surface area contributed by atoms with Crippen molar-refractivity contribution >= 4 is 28.0 Å². The SMILES string of the molecule is Cn1c2ccccc2c2cc(C=N[C@@H]3[C@@H](O)[C@H](O)[C@@H](CO)O[C@H]3O)ccc21. The van der Waals surface area contributed by atoms with Crippen molar-refractivity contribution < 1.29 is 25.2 Å². The average molecular weight is 370 g/mol. The molecule has 2 heterocycles. The maximum Gasteiger partial charge on any atom is 0.180 e. The summed E-state index contributed by atoms with van der Waals surface area (Å²) in [7, 11) is 2.02. The van der Waals surface area contributed by atoms with Crippen LogP contribution in [0.25, 0.3) is 21.8 Å². The Morgan fingerprint density at radius 2 is 1.78 bits per heavy atom. The number of aromatic nitrogens is 1. The summed E-state index contributed by atoms with van der Waals surface area (Å²) in [6.45, 7) is -0.497. The Bertz CT molecular complexity index is 999. The molecule has 0 radical (unpaired) electrons. The maximum atomic E-state index is 10.2. The van der Waals surface area contributed by atoms with Crippen molar-refractivity contribution in [2.24, 2.45) is 12.0 Å². The van der Waals surface area contributed by atoms with Crippen LogP contribution >= 0.6 is 0 Å². The number of nitrogens with zero attached hydrogens (tertiary/aromatic N) is 2. The fraction of sp³-hybridized carbons (Fsp3) is 0.350. The summed E-state index contributed by atoms with van der Waals surface area (Å²) in [4.78, 5) is 4.23. The number of aliphatic hydroxyl groups is 4. The average Bonchev–Trinajstić information content (AvgIpc) is 2.97. The van der Waals surface area contributed by atoms with Crippen molar-refractivity contribution in [3.63, 3.8) is 0 Å². The number of para-hydroxylation sites is 1. The molecule has 7 heteroatoms. The lowest BCUT2D eigenvalue weighted by Gasteiger charge is -2.38. The lowest BCUT2D eigenvalue weighted by Crippen LogP contribution is -2.57. The number of rotatable bonds is 3. The number of aryl methyl sites for hydroxylation is 1. The van der Waals surface area contributed by atoms with Gasteiger partial charge in [-0.05, 0) is 23.8 Å². The van der Waals surface area contributed by atoms with Gasteiger partial charge in [0.15, 0.2) is 6.29 Å². The number of ether oxygens (including phenoxy) is 1. The molecule has 0 unspecified atom stereocenters. The topological polar surface area (TPSA) is 107 Å². The van der Waals surface area contributed by atoms with Crippen molar-refractivity contribution in [2.75, 3.05) is 6.61 Å². The molecule has 1 aliphatic rings. The molecule has 0 spiro atoms.